The normalized spacial score (nSPS) is 14.8. The molecule has 2 rings (SSSR count). The molecule has 1 aromatic carbocycles. The van der Waals surface area contributed by atoms with Gasteiger partial charge in [0.1, 0.15) is 0 Å². The van der Waals surface area contributed by atoms with Gasteiger partial charge in [-0.05, 0) is 24.0 Å². The highest BCUT2D eigenvalue weighted by Gasteiger charge is 2.25. The molecular formula is C17H26N2S. The molecule has 0 saturated carbocycles. The van der Waals surface area contributed by atoms with Gasteiger partial charge in [0.25, 0.3) is 0 Å². The molecule has 0 aliphatic heterocycles. The monoisotopic (exact) mass is 290 g/mol. The number of thiazole rings is 1. The van der Waals surface area contributed by atoms with E-state index < -0.39 is 0 Å². The predicted molar refractivity (Wildman–Crippen MR) is 89.5 cm³/mol. The van der Waals surface area contributed by atoms with E-state index in [4.69, 9.17) is 4.98 Å². The number of aromatic nitrogens is 1. The van der Waals surface area contributed by atoms with Crippen LogP contribution in [0.2, 0.25) is 0 Å². The van der Waals surface area contributed by atoms with E-state index in [1.165, 1.54) is 22.5 Å². The van der Waals surface area contributed by atoms with Gasteiger partial charge in [0.05, 0.1) is 15.2 Å². The van der Waals surface area contributed by atoms with Crippen LogP contribution >= 0.6 is 11.3 Å². The number of nitrogens with zero attached hydrogens (tertiary/aromatic N) is 1. The molecule has 0 saturated heterocycles. The first kappa shape index (κ1) is 15.5. The van der Waals surface area contributed by atoms with Gasteiger partial charge in [-0.15, -0.1) is 11.3 Å². The fraction of sp³-hybridized carbons (Fsp3) is 0.588. The minimum Gasteiger partial charge on any atom is -0.314 e. The second-order valence-corrected chi connectivity index (χ2v) is 7.46. The summed E-state index contributed by atoms with van der Waals surface area (Å²) in [5, 5.41) is 4.87. The Kier molecular flexibility index (Phi) is 5.17. The van der Waals surface area contributed by atoms with Gasteiger partial charge >= 0.3 is 0 Å². The van der Waals surface area contributed by atoms with E-state index in [1.54, 1.807) is 0 Å². The molecule has 1 heterocycles. The minimum absolute atomic E-state index is 0.299. The summed E-state index contributed by atoms with van der Waals surface area (Å²) in [6.07, 6.45) is 3.53. The van der Waals surface area contributed by atoms with Crippen LogP contribution in [0.4, 0.5) is 0 Å². The smallest absolute Gasteiger partial charge is 0.0944 e. The lowest BCUT2D eigenvalue weighted by Crippen LogP contribution is -2.37. The van der Waals surface area contributed by atoms with Crippen LogP contribution in [0, 0.1) is 5.41 Å². The topological polar surface area (TPSA) is 24.9 Å². The van der Waals surface area contributed by atoms with E-state index in [9.17, 15) is 0 Å². The van der Waals surface area contributed by atoms with Crippen molar-refractivity contribution in [3.05, 3.63) is 29.3 Å². The molecule has 0 spiro atoms. The molecule has 0 aliphatic carbocycles. The van der Waals surface area contributed by atoms with Crippen molar-refractivity contribution in [3.63, 3.8) is 0 Å². The third-order valence-electron chi connectivity index (χ3n) is 3.71. The largest absolute Gasteiger partial charge is 0.314 e. The number of rotatable bonds is 7. The van der Waals surface area contributed by atoms with Crippen molar-refractivity contribution in [2.45, 2.75) is 53.0 Å². The van der Waals surface area contributed by atoms with Crippen molar-refractivity contribution >= 4 is 21.6 Å². The first-order valence-electron chi connectivity index (χ1n) is 7.60. The lowest BCUT2D eigenvalue weighted by molar-refractivity contribution is 0.267. The predicted octanol–water partition coefficient (Wildman–Crippen LogP) is 4.64. The molecule has 110 valence electrons. The van der Waals surface area contributed by atoms with Gasteiger partial charge in [-0.2, -0.15) is 0 Å². The number of benzene rings is 1. The Hall–Kier alpha value is -0.930. The summed E-state index contributed by atoms with van der Waals surface area (Å²) >= 11 is 1.85. The number of fused-ring (bicyclic) bond motifs is 1. The van der Waals surface area contributed by atoms with Gasteiger partial charge < -0.3 is 5.32 Å². The fourth-order valence-corrected chi connectivity index (χ4v) is 3.84. The number of para-hydroxylation sites is 1. The Morgan fingerprint density at radius 1 is 1.30 bits per heavy atom. The summed E-state index contributed by atoms with van der Waals surface area (Å²) in [5.74, 6) is 0. The minimum atomic E-state index is 0.299. The maximum atomic E-state index is 4.80. The molecular weight excluding hydrogens is 264 g/mol. The summed E-state index contributed by atoms with van der Waals surface area (Å²) in [7, 11) is 0. The number of hydrogen-bond acceptors (Lipinski definition) is 3. The molecule has 0 bridgehead atoms. The van der Waals surface area contributed by atoms with Crippen molar-refractivity contribution in [1.29, 1.82) is 0 Å². The molecule has 1 N–H and O–H groups in total. The zero-order chi connectivity index (χ0) is 14.6. The van der Waals surface area contributed by atoms with Crippen LogP contribution in [0.25, 0.3) is 10.2 Å². The zero-order valence-corrected chi connectivity index (χ0v) is 13.9. The first-order valence-corrected chi connectivity index (χ1v) is 8.42. The van der Waals surface area contributed by atoms with Crippen molar-refractivity contribution < 1.29 is 0 Å². The van der Waals surface area contributed by atoms with E-state index in [2.05, 4.69) is 57.3 Å². The Balaban J connectivity index is 2.13. The lowest BCUT2D eigenvalue weighted by Gasteiger charge is -2.30. The SMILES string of the molecule is CCCC(C)(CNC(C)C)Cc1nc2ccccc2s1. The van der Waals surface area contributed by atoms with Gasteiger partial charge in [-0.1, -0.05) is 46.2 Å². The second-order valence-electron chi connectivity index (χ2n) is 6.35. The van der Waals surface area contributed by atoms with Crippen LogP contribution in [-0.2, 0) is 6.42 Å². The van der Waals surface area contributed by atoms with Gasteiger partial charge in [0.15, 0.2) is 0 Å². The second kappa shape index (κ2) is 6.68. The molecule has 0 fully saturated rings. The van der Waals surface area contributed by atoms with E-state index in [1.807, 2.05) is 11.3 Å². The third-order valence-corrected chi connectivity index (χ3v) is 4.74. The van der Waals surface area contributed by atoms with Gasteiger partial charge in [-0.25, -0.2) is 4.98 Å². The number of nitrogens with one attached hydrogen (secondary N) is 1. The number of hydrogen-bond donors (Lipinski definition) is 1. The molecule has 2 nitrogen and oxygen atoms in total. The standard InChI is InChI=1S/C17H26N2S/c1-5-10-17(4,12-18-13(2)3)11-16-19-14-8-6-7-9-15(14)20-16/h6-9,13,18H,5,10-12H2,1-4H3. The molecule has 2 aromatic rings. The summed E-state index contributed by atoms with van der Waals surface area (Å²) in [6.45, 7) is 10.1. The van der Waals surface area contributed by atoms with E-state index in [0.29, 0.717) is 11.5 Å². The Labute approximate surface area is 126 Å². The molecule has 1 atom stereocenters. The lowest BCUT2D eigenvalue weighted by atomic mass is 9.82. The van der Waals surface area contributed by atoms with Gasteiger partial charge in [0, 0.05) is 19.0 Å². The summed E-state index contributed by atoms with van der Waals surface area (Å²) < 4.78 is 1.30. The Morgan fingerprint density at radius 2 is 2.05 bits per heavy atom. The highest BCUT2D eigenvalue weighted by Crippen LogP contribution is 2.31. The molecule has 1 unspecified atom stereocenters. The average molecular weight is 290 g/mol. The van der Waals surface area contributed by atoms with Crippen molar-refractivity contribution in [3.8, 4) is 0 Å². The molecule has 3 heteroatoms. The Morgan fingerprint density at radius 3 is 2.70 bits per heavy atom. The van der Waals surface area contributed by atoms with Gasteiger partial charge in [0.2, 0.25) is 0 Å². The highest BCUT2D eigenvalue weighted by atomic mass is 32.1. The summed E-state index contributed by atoms with van der Waals surface area (Å²) in [5.41, 5.74) is 1.44. The molecule has 1 aromatic heterocycles. The molecule has 0 aliphatic rings. The molecule has 20 heavy (non-hydrogen) atoms. The zero-order valence-electron chi connectivity index (χ0n) is 13.1. The molecule has 0 amide bonds. The van der Waals surface area contributed by atoms with Crippen LogP contribution in [0.5, 0.6) is 0 Å². The quantitative estimate of drug-likeness (QED) is 0.803. The maximum Gasteiger partial charge on any atom is 0.0944 e. The van der Waals surface area contributed by atoms with Crippen LogP contribution in [0.3, 0.4) is 0 Å². The van der Waals surface area contributed by atoms with E-state index >= 15 is 0 Å². The summed E-state index contributed by atoms with van der Waals surface area (Å²) in [4.78, 5) is 4.80. The van der Waals surface area contributed by atoms with E-state index in [0.717, 1.165) is 18.5 Å². The van der Waals surface area contributed by atoms with Crippen molar-refractivity contribution in [2.75, 3.05) is 6.54 Å². The third kappa shape index (κ3) is 4.03. The van der Waals surface area contributed by atoms with Crippen LogP contribution in [-0.4, -0.2) is 17.6 Å². The maximum absolute atomic E-state index is 4.80. The summed E-state index contributed by atoms with van der Waals surface area (Å²) in [6, 6.07) is 8.98. The van der Waals surface area contributed by atoms with Crippen molar-refractivity contribution in [1.82, 2.24) is 10.3 Å². The highest BCUT2D eigenvalue weighted by molar-refractivity contribution is 7.18. The van der Waals surface area contributed by atoms with E-state index in [-0.39, 0.29) is 0 Å². The molecule has 0 radical (unpaired) electrons. The van der Waals surface area contributed by atoms with Gasteiger partial charge in [-0.3, -0.25) is 0 Å². The van der Waals surface area contributed by atoms with Crippen LogP contribution < -0.4 is 5.32 Å². The van der Waals surface area contributed by atoms with Crippen LogP contribution in [0.15, 0.2) is 24.3 Å². The van der Waals surface area contributed by atoms with Crippen molar-refractivity contribution in [2.24, 2.45) is 5.41 Å². The first-order chi connectivity index (χ1) is 9.52. The van der Waals surface area contributed by atoms with Crippen LogP contribution in [0.1, 0.15) is 45.5 Å². The Bertz CT molecular complexity index is 514. The average Bonchev–Trinajstić information content (AvgIpc) is 2.78. The fourth-order valence-electron chi connectivity index (χ4n) is 2.65.